The summed E-state index contributed by atoms with van der Waals surface area (Å²) >= 11 is 0. The Morgan fingerprint density at radius 3 is 1.20 bits per heavy atom. The van der Waals surface area contributed by atoms with Gasteiger partial charge in [-0.3, -0.25) is 0 Å². The van der Waals surface area contributed by atoms with Crippen LogP contribution >= 0.6 is 0 Å². The Labute approximate surface area is 651 Å². The molecule has 16 bridgehead atoms. The quantitative estimate of drug-likeness (QED) is 0.0548. The maximum atomic E-state index is 11.5. The minimum atomic E-state index is -1.08. The van der Waals surface area contributed by atoms with Gasteiger partial charge in [-0.15, -0.1) is 0 Å². The molecule has 4 aliphatic heterocycles. The summed E-state index contributed by atoms with van der Waals surface area (Å²) in [6, 6.07) is 16.6. The predicted molar refractivity (Wildman–Crippen MR) is 362 cm³/mol. The number of aromatic nitrogens is 8. The van der Waals surface area contributed by atoms with E-state index in [1.165, 1.54) is 30.4 Å². The zero-order valence-corrected chi connectivity index (χ0v) is 67.0. The number of carbonyl (C=O) groups is 2. The molecule has 4 aliphatic rings. The number of carboxylic acid groups (broad SMARTS) is 2. The van der Waals surface area contributed by atoms with Gasteiger partial charge in [0, 0.05) is 79.4 Å². The van der Waals surface area contributed by atoms with Crippen LogP contribution in [0, 0.1) is 41.5 Å². The summed E-state index contributed by atoms with van der Waals surface area (Å²) in [5, 5.41) is 22.9. The second kappa shape index (κ2) is 38.6. The summed E-state index contributed by atoms with van der Waals surface area (Å²) in [6.07, 6.45) is 10.5. The third-order valence-corrected chi connectivity index (χ3v) is 17.7. The molecule has 4 N–H and O–H groups in total. The smallest absolute Gasteiger partial charge is 0.550 e. The van der Waals surface area contributed by atoms with E-state index in [9.17, 15) is 19.8 Å². The van der Waals surface area contributed by atoms with Gasteiger partial charge in [0.15, 0.2) is 0 Å². The maximum Gasteiger partial charge on any atom is 1.00 e. The van der Waals surface area contributed by atoms with Crippen molar-refractivity contribution in [2.24, 2.45) is 0 Å². The first-order valence-corrected chi connectivity index (χ1v) is 31.1. The Hall–Kier alpha value is -5.66. The summed E-state index contributed by atoms with van der Waals surface area (Å²) in [5.41, 5.74) is 31.1. The van der Waals surface area contributed by atoms with E-state index in [0.29, 0.717) is 25.7 Å². The van der Waals surface area contributed by atoms with E-state index in [2.05, 4.69) is 147 Å². The molecule has 1 unspecified atom stereocenters. The van der Waals surface area contributed by atoms with Crippen molar-refractivity contribution < 1.29 is 162 Å². The number of carboxylic acids is 2. The van der Waals surface area contributed by atoms with E-state index in [0.717, 1.165) is 181 Å². The fraction of sp³-hybridized carbons (Fsp3) is 0.333. The predicted octanol–water partition coefficient (Wildman–Crippen LogP) is 3.01. The third-order valence-electron chi connectivity index (χ3n) is 17.7. The minimum Gasteiger partial charge on any atom is -0.550 e. The molecule has 0 saturated carbocycles. The number of hydrogen-bond acceptors (Lipinski definition) is 13. The Morgan fingerprint density at radius 2 is 0.802 bits per heavy atom. The Balaban J connectivity index is 0.000000448. The van der Waals surface area contributed by atoms with Gasteiger partial charge in [0.2, 0.25) is 0 Å². The summed E-state index contributed by atoms with van der Waals surface area (Å²) in [4.78, 5) is 90.1. The van der Waals surface area contributed by atoms with E-state index in [1.807, 2.05) is 44.2 Å². The van der Waals surface area contributed by atoms with Crippen LogP contribution < -0.4 is 128 Å². The van der Waals surface area contributed by atoms with E-state index in [-0.39, 0.29) is 155 Å². The van der Waals surface area contributed by atoms with Gasteiger partial charge in [-0.25, -0.2) is 19.9 Å². The van der Waals surface area contributed by atoms with Crippen molar-refractivity contribution >= 4 is 125 Å². The number of allylic oxidation sites excluding steroid dienone is 8. The molecule has 1 atom stereocenters. The van der Waals surface area contributed by atoms with Crippen molar-refractivity contribution in [3.05, 3.63) is 166 Å². The number of hydrogen-bond donors (Lipinski definition) is 4. The van der Waals surface area contributed by atoms with Crippen LogP contribution in [-0.4, -0.2) is 70.7 Å². The fourth-order valence-corrected chi connectivity index (χ4v) is 12.7. The molecule has 10 rings (SSSR count). The molecular formula is C75H82N8Na4O9. The van der Waals surface area contributed by atoms with Crippen molar-refractivity contribution in [3.63, 3.8) is 0 Å². The molecule has 0 spiro atoms. The van der Waals surface area contributed by atoms with Crippen LogP contribution in [0.2, 0.25) is 0 Å². The van der Waals surface area contributed by atoms with Gasteiger partial charge in [-0.1, -0.05) is 65.3 Å². The van der Waals surface area contributed by atoms with Crippen molar-refractivity contribution in [3.8, 4) is 0 Å². The third kappa shape index (κ3) is 19.2. The number of nitrogens with one attached hydrogen (secondary N) is 4. The van der Waals surface area contributed by atoms with Crippen LogP contribution in [-0.2, 0) is 33.5 Å². The van der Waals surface area contributed by atoms with Crippen LogP contribution in [0.15, 0.2) is 61.7 Å². The van der Waals surface area contributed by atoms with Crippen LogP contribution in [0.25, 0.3) is 101 Å². The maximum absolute atomic E-state index is 11.5. The zero-order chi connectivity index (χ0) is 67.4. The average molecular weight is 1330 g/mol. The first kappa shape index (κ1) is 84.6. The summed E-state index contributed by atoms with van der Waals surface area (Å²) in [6.45, 7) is 42.7. The largest absolute Gasteiger partial charge is 1.00 e. The van der Waals surface area contributed by atoms with Crippen LogP contribution in [0.1, 0.15) is 222 Å². The van der Waals surface area contributed by atoms with Crippen molar-refractivity contribution in [1.82, 2.24) is 39.9 Å². The van der Waals surface area contributed by atoms with Crippen molar-refractivity contribution in [2.45, 2.75) is 159 Å². The standard InChI is InChI=1S/C39H47N4O3.C34H37N4O2.2CO2.4Na/c1-9-12-13-14-17-46-26(8)39-25(7)33-18-30-22(4)28(11-3)35(40-30)21-36-29(15-16-38(44)45)24(6)31(42-36)19-34-27(10-2)23(5)32(41-34)20-37(39)43-33;1-9-22-18(5)25-13-26-19(6)23(10-2)30(36-26)16-31-24(11-12-33(39)40)20(7)27(37-31)15-32-34(17(3)4)21(8)28(38-32)14-29(22)35-25;2*2-1-3;;;;/h10,18-21,26,41,43H,2-3,9,11-17H2,1,4-8H3,(H,44,45);9,13-17,35,38H,1-2,10-12H2,3-8H3,(H,39,40);;;;;;/q2*-1;;;4*+1/p-2. The molecule has 21 heteroatoms. The summed E-state index contributed by atoms with van der Waals surface area (Å²) < 4.78 is 6.42. The van der Waals surface area contributed by atoms with E-state index in [4.69, 9.17) is 43.9 Å². The molecule has 0 amide bonds. The van der Waals surface area contributed by atoms with Gasteiger partial charge in [0.1, 0.15) is 0 Å². The van der Waals surface area contributed by atoms with Crippen LogP contribution in [0.4, 0.5) is 0 Å². The van der Waals surface area contributed by atoms with Crippen molar-refractivity contribution in [1.29, 1.82) is 0 Å². The first-order valence-electron chi connectivity index (χ1n) is 31.1. The summed E-state index contributed by atoms with van der Waals surface area (Å²) in [5.74, 6) is -1.87. The number of aryl methyl sites for hydroxylation is 4. The second-order valence-corrected chi connectivity index (χ2v) is 23.6. The number of aromatic amines is 4. The molecule has 6 aromatic heterocycles. The van der Waals surface area contributed by atoms with Gasteiger partial charge in [0.25, 0.3) is 0 Å². The fourth-order valence-electron chi connectivity index (χ4n) is 12.7. The molecule has 480 valence electrons. The molecule has 0 saturated heterocycles. The molecule has 6 aromatic rings. The number of aliphatic carboxylic acids is 2. The van der Waals surface area contributed by atoms with E-state index in [1.54, 1.807) is 0 Å². The number of unbranched alkanes of at least 4 members (excludes halogenated alkanes) is 3. The molecule has 0 fully saturated rings. The Bertz CT molecular complexity index is 4470. The number of H-pyrrole nitrogens is 4. The minimum absolute atomic E-state index is 0. The van der Waals surface area contributed by atoms with E-state index < -0.39 is 11.9 Å². The van der Waals surface area contributed by atoms with Gasteiger partial charge in [-0.2, -0.15) is 32.0 Å². The number of nitrogens with zero attached hydrogens (tertiary/aromatic N) is 4. The second-order valence-electron chi connectivity index (χ2n) is 23.6. The number of carbonyl (C=O) groups excluding carboxylic acids is 6. The molecule has 0 aliphatic carbocycles. The Kier molecular flexibility index (Phi) is 34.0. The number of rotatable bonds is 18. The molecule has 0 radical (unpaired) electrons. The van der Waals surface area contributed by atoms with E-state index >= 15 is 0 Å². The molecule has 0 aromatic carbocycles. The van der Waals surface area contributed by atoms with Gasteiger partial charge in [-0.05, 0) is 221 Å². The SMILES string of the molecule is C=Cc1c(C)c2cc3[nH]c(cc4nc(cc5nc(cc1[nH]2)C(C)=C5CCC(=O)[O-])C(C[CH2-])=C4C)c(C)c3C(C)OCCCCCC.C=Cc1c(C)c2cc3nc(cc4nc(cc5[nH]c(cc1[nH]2)c(C)c5C(C)C)C(C)=C4CCC(=O)[O-])C(C[CH2-])=C3C.O=C=O.O=C=O.[Na+].[Na+].[Na+].[Na+]. The molecule has 17 nitrogen and oxygen atoms in total. The number of ether oxygens (including phenoxy) is 1. The molecule has 96 heavy (non-hydrogen) atoms. The molecule has 10 heterocycles. The van der Waals surface area contributed by atoms with Gasteiger partial charge < -0.3 is 58.3 Å². The number of fused-ring (bicyclic) bond motifs is 16. The average Bonchev–Trinajstić information content (AvgIpc) is 1.63. The first-order chi connectivity index (χ1) is 43.9. The van der Waals surface area contributed by atoms with Crippen LogP contribution in [0.3, 0.4) is 0 Å². The Morgan fingerprint density at radius 1 is 0.479 bits per heavy atom. The zero-order valence-electron chi connectivity index (χ0n) is 59.0. The molecular weight excluding hydrogens is 1250 g/mol. The van der Waals surface area contributed by atoms with Gasteiger partial charge in [0.05, 0.1) is 51.7 Å². The normalized spacial score (nSPS) is 12.4. The topological polar surface area (TPSA) is 272 Å². The monoisotopic (exact) mass is 1330 g/mol. The van der Waals surface area contributed by atoms with Crippen molar-refractivity contribution in [2.75, 3.05) is 6.61 Å². The summed E-state index contributed by atoms with van der Waals surface area (Å²) in [7, 11) is 0. The van der Waals surface area contributed by atoms with Crippen LogP contribution in [0.5, 0.6) is 0 Å². The van der Waals surface area contributed by atoms with Gasteiger partial charge >= 0.3 is 131 Å².